The first kappa shape index (κ1) is 19.7. The molecule has 0 aromatic heterocycles. The second-order valence-corrected chi connectivity index (χ2v) is 9.22. The van der Waals surface area contributed by atoms with Crippen molar-refractivity contribution in [3.8, 4) is 11.5 Å². The number of carbonyl (C=O) groups is 1. The first-order valence-electron chi connectivity index (χ1n) is 8.41. The van der Waals surface area contributed by atoms with Crippen molar-refractivity contribution < 1.29 is 22.7 Å². The molecule has 6 nitrogen and oxygen atoms in total. The van der Waals surface area contributed by atoms with Crippen LogP contribution in [0, 0.1) is 5.92 Å². The van der Waals surface area contributed by atoms with Gasteiger partial charge in [-0.3, -0.25) is 4.79 Å². The molecule has 0 N–H and O–H groups in total. The van der Waals surface area contributed by atoms with Crippen molar-refractivity contribution in [1.29, 1.82) is 0 Å². The van der Waals surface area contributed by atoms with E-state index in [1.807, 2.05) is 13.8 Å². The standard InChI is InChI=1S/C19H20BrNO5S/c1-12(2)15-11-26-17-10-13(20)8-9-18(17)27(23,24)21(15)19(22)14-6-4-5-7-16(14)25-3/h4-10,12,15H,11H2,1-3H3. The maximum Gasteiger partial charge on any atom is 0.271 e. The fourth-order valence-electron chi connectivity index (χ4n) is 3.00. The van der Waals surface area contributed by atoms with Gasteiger partial charge in [0.05, 0.1) is 18.7 Å². The summed E-state index contributed by atoms with van der Waals surface area (Å²) in [4.78, 5) is 13.3. The molecule has 0 aliphatic carbocycles. The van der Waals surface area contributed by atoms with E-state index >= 15 is 0 Å². The predicted molar refractivity (Wildman–Crippen MR) is 105 cm³/mol. The lowest BCUT2D eigenvalue weighted by molar-refractivity contribution is 0.0748. The highest BCUT2D eigenvalue weighted by Crippen LogP contribution is 2.36. The fourth-order valence-corrected chi connectivity index (χ4v) is 5.14. The zero-order chi connectivity index (χ0) is 19.8. The van der Waals surface area contributed by atoms with Crippen molar-refractivity contribution in [3.63, 3.8) is 0 Å². The summed E-state index contributed by atoms with van der Waals surface area (Å²) in [5.74, 6) is -0.228. The van der Waals surface area contributed by atoms with E-state index in [9.17, 15) is 13.2 Å². The van der Waals surface area contributed by atoms with Gasteiger partial charge in [-0.05, 0) is 36.2 Å². The molecule has 8 heteroatoms. The molecule has 1 heterocycles. The number of carbonyl (C=O) groups excluding carboxylic acids is 1. The van der Waals surface area contributed by atoms with Crippen LogP contribution >= 0.6 is 15.9 Å². The van der Waals surface area contributed by atoms with Crippen LogP contribution in [-0.4, -0.2) is 38.4 Å². The maximum absolute atomic E-state index is 13.4. The SMILES string of the molecule is COc1ccccc1C(=O)N1C(C(C)C)COc2cc(Br)ccc2S1(=O)=O. The minimum atomic E-state index is -4.12. The van der Waals surface area contributed by atoms with Crippen molar-refractivity contribution in [1.82, 2.24) is 4.31 Å². The van der Waals surface area contributed by atoms with E-state index in [2.05, 4.69) is 15.9 Å². The number of methoxy groups -OCH3 is 1. The number of benzene rings is 2. The van der Waals surface area contributed by atoms with Crippen LogP contribution in [0.2, 0.25) is 0 Å². The quantitative estimate of drug-likeness (QED) is 0.707. The number of fused-ring (bicyclic) bond motifs is 1. The summed E-state index contributed by atoms with van der Waals surface area (Å²) in [5.41, 5.74) is 0.190. The topological polar surface area (TPSA) is 72.9 Å². The van der Waals surface area contributed by atoms with Crippen LogP contribution in [0.25, 0.3) is 0 Å². The van der Waals surface area contributed by atoms with E-state index in [-0.39, 0.29) is 28.7 Å². The summed E-state index contributed by atoms with van der Waals surface area (Å²) in [6.45, 7) is 3.79. The Labute approximate surface area is 167 Å². The molecule has 3 rings (SSSR count). The average molecular weight is 454 g/mol. The smallest absolute Gasteiger partial charge is 0.271 e. The maximum atomic E-state index is 13.4. The Hall–Kier alpha value is -2.06. The first-order valence-corrected chi connectivity index (χ1v) is 10.6. The highest BCUT2D eigenvalue weighted by Gasteiger charge is 2.42. The van der Waals surface area contributed by atoms with Crippen molar-refractivity contribution in [2.75, 3.05) is 13.7 Å². The molecule has 2 aromatic rings. The zero-order valence-electron chi connectivity index (χ0n) is 15.2. The third kappa shape index (κ3) is 3.55. The van der Waals surface area contributed by atoms with Crippen molar-refractivity contribution >= 4 is 31.9 Å². The molecular formula is C19H20BrNO5S. The Morgan fingerprint density at radius 1 is 1.26 bits per heavy atom. The number of ether oxygens (including phenoxy) is 2. The lowest BCUT2D eigenvalue weighted by Crippen LogP contribution is -2.48. The summed E-state index contributed by atoms with van der Waals surface area (Å²) in [5, 5.41) is 0. The Bertz CT molecular complexity index is 974. The minimum Gasteiger partial charge on any atom is -0.496 e. The molecule has 0 radical (unpaired) electrons. The normalized spacial score (nSPS) is 18.4. The minimum absolute atomic E-state index is 0.0305. The van der Waals surface area contributed by atoms with Gasteiger partial charge in [-0.2, -0.15) is 0 Å². The zero-order valence-corrected chi connectivity index (χ0v) is 17.6. The van der Waals surface area contributed by atoms with Crippen molar-refractivity contribution in [2.45, 2.75) is 24.8 Å². The summed E-state index contributed by atoms with van der Waals surface area (Å²) in [6, 6.07) is 10.6. The molecule has 1 aliphatic heterocycles. The van der Waals surface area contributed by atoms with Gasteiger partial charge >= 0.3 is 0 Å². The lowest BCUT2D eigenvalue weighted by Gasteiger charge is -2.31. The molecule has 27 heavy (non-hydrogen) atoms. The highest BCUT2D eigenvalue weighted by atomic mass is 79.9. The van der Waals surface area contributed by atoms with Gasteiger partial charge in [0.2, 0.25) is 0 Å². The molecule has 0 fully saturated rings. The Morgan fingerprint density at radius 3 is 2.63 bits per heavy atom. The van der Waals surface area contributed by atoms with E-state index in [1.165, 1.54) is 13.2 Å². The summed E-state index contributed by atoms with van der Waals surface area (Å²) in [6.07, 6.45) is 0. The number of hydrogen-bond donors (Lipinski definition) is 0. The van der Waals surface area contributed by atoms with E-state index in [4.69, 9.17) is 9.47 Å². The summed E-state index contributed by atoms with van der Waals surface area (Å²) >= 11 is 3.33. The van der Waals surface area contributed by atoms with Gasteiger partial charge in [0.15, 0.2) is 0 Å². The number of amides is 1. The second kappa shape index (κ2) is 7.52. The van der Waals surface area contributed by atoms with Crippen LogP contribution in [0.4, 0.5) is 0 Å². The third-order valence-electron chi connectivity index (χ3n) is 4.46. The molecule has 1 aliphatic rings. The fraction of sp³-hybridized carbons (Fsp3) is 0.316. The molecule has 0 bridgehead atoms. The highest BCUT2D eigenvalue weighted by molar-refractivity contribution is 9.10. The molecule has 0 saturated carbocycles. The molecule has 144 valence electrons. The Morgan fingerprint density at radius 2 is 1.96 bits per heavy atom. The largest absolute Gasteiger partial charge is 0.496 e. The van der Waals surface area contributed by atoms with Gasteiger partial charge < -0.3 is 9.47 Å². The van der Waals surface area contributed by atoms with Crippen molar-refractivity contribution in [2.24, 2.45) is 5.92 Å². The number of halogens is 1. The molecule has 0 spiro atoms. The molecule has 1 amide bonds. The van der Waals surface area contributed by atoms with Gasteiger partial charge in [-0.25, -0.2) is 12.7 Å². The molecule has 0 saturated heterocycles. The molecule has 1 unspecified atom stereocenters. The van der Waals surface area contributed by atoms with Gasteiger partial charge in [-0.1, -0.05) is 41.9 Å². The van der Waals surface area contributed by atoms with Gasteiger partial charge in [0, 0.05) is 4.47 Å². The number of rotatable bonds is 3. The van der Waals surface area contributed by atoms with E-state index in [0.717, 1.165) is 4.31 Å². The molecule has 1 atom stereocenters. The number of hydrogen-bond acceptors (Lipinski definition) is 5. The van der Waals surface area contributed by atoms with Gasteiger partial charge in [0.1, 0.15) is 23.0 Å². The lowest BCUT2D eigenvalue weighted by atomic mass is 10.0. The molecular weight excluding hydrogens is 434 g/mol. The van der Waals surface area contributed by atoms with Crippen LogP contribution in [0.5, 0.6) is 11.5 Å². The number of nitrogens with zero attached hydrogens (tertiary/aromatic N) is 1. The monoisotopic (exact) mass is 453 g/mol. The summed E-state index contributed by atoms with van der Waals surface area (Å²) < 4.78 is 39.5. The third-order valence-corrected chi connectivity index (χ3v) is 6.80. The first-order chi connectivity index (χ1) is 12.8. The summed E-state index contributed by atoms with van der Waals surface area (Å²) in [7, 11) is -2.68. The van der Waals surface area contributed by atoms with Gasteiger partial charge in [0.25, 0.3) is 15.9 Å². The number of sulfonamides is 1. The van der Waals surface area contributed by atoms with E-state index < -0.39 is 22.0 Å². The Kier molecular flexibility index (Phi) is 5.48. The number of para-hydroxylation sites is 1. The van der Waals surface area contributed by atoms with Gasteiger partial charge in [-0.15, -0.1) is 0 Å². The van der Waals surface area contributed by atoms with Crippen LogP contribution in [0.1, 0.15) is 24.2 Å². The molecule has 2 aromatic carbocycles. The van der Waals surface area contributed by atoms with Crippen LogP contribution < -0.4 is 9.47 Å². The van der Waals surface area contributed by atoms with E-state index in [1.54, 1.807) is 36.4 Å². The Balaban J connectivity index is 2.20. The van der Waals surface area contributed by atoms with Crippen LogP contribution in [-0.2, 0) is 10.0 Å². The second-order valence-electron chi connectivity index (χ2n) is 6.52. The average Bonchev–Trinajstić information content (AvgIpc) is 2.74. The van der Waals surface area contributed by atoms with Crippen molar-refractivity contribution in [3.05, 3.63) is 52.5 Å². The predicted octanol–water partition coefficient (Wildman–Crippen LogP) is 3.71. The van der Waals surface area contributed by atoms with Crippen LogP contribution in [0.15, 0.2) is 51.8 Å². The van der Waals surface area contributed by atoms with Crippen LogP contribution in [0.3, 0.4) is 0 Å². The van der Waals surface area contributed by atoms with E-state index in [0.29, 0.717) is 10.2 Å².